The molecule has 2 atom stereocenters. The standard InChI is InChI=1S/C24H31FN2O5S/c1-4-31-22-13-8-18(15-23(22)32-5-2)17(3)26-24(28)19-7-6-14-27(16-19)33(29,30)21-11-9-20(25)10-12-21/h8-13,15,17,19H,4-7,14,16H2,1-3H3,(H,26,28)/t17-,19+/m0/s1. The first-order chi connectivity index (χ1) is 15.8. The lowest BCUT2D eigenvalue weighted by Crippen LogP contribution is -2.45. The van der Waals surface area contributed by atoms with Crippen LogP contribution < -0.4 is 14.8 Å². The molecule has 1 amide bonds. The van der Waals surface area contributed by atoms with Gasteiger partial charge in [0.05, 0.1) is 30.1 Å². The summed E-state index contributed by atoms with van der Waals surface area (Å²) < 4.78 is 51.6. The predicted molar refractivity (Wildman–Crippen MR) is 123 cm³/mol. The van der Waals surface area contributed by atoms with Gasteiger partial charge in [-0.1, -0.05) is 6.07 Å². The number of halogens is 1. The van der Waals surface area contributed by atoms with E-state index in [4.69, 9.17) is 9.47 Å². The Bertz CT molecular complexity index is 1060. The third kappa shape index (κ3) is 6.03. The smallest absolute Gasteiger partial charge is 0.243 e. The lowest BCUT2D eigenvalue weighted by atomic mass is 9.98. The van der Waals surface area contributed by atoms with Crippen molar-refractivity contribution in [2.24, 2.45) is 5.92 Å². The molecular weight excluding hydrogens is 447 g/mol. The number of carbonyl (C=O) groups excluding carboxylic acids is 1. The molecule has 2 aromatic rings. The van der Waals surface area contributed by atoms with Crippen molar-refractivity contribution in [2.45, 2.75) is 44.6 Å². The van der Waals surface area contributed by atoms with Crippen LogP contribution in [0.15, 0.2) is 47.4 Å². The molecule has 180 valence electrons. The van der Waals surface area contributed by atoms with Crippen LogP contribution >= 0.6 is 0 Å². The van der Waals surface area contributed by atoms with Crippen molar-refractivity contribution in [1.29, 1.82) is 0 Å². The Hall–Kier alpha value is -2.65. The van der Waals surface area contributed by atoms with Crippen LogP contribution in [-0.2, 0) is 14.8 Å². The Balaban J connectivity index is 1.68. The van der Waals surface area contributed by atoms with Gasteiger partial charge in [-0.25, -0.2) is 12.8 Å². The average Bonchev–Trinajstić information content (AvgIpc) is 2.81. The van der Waals surface area contributed by atoms with Gasteiger partial charge in [0.15, 0.2) is 11.5 Å². The van der Waals surface area contributed by atoms with Crippen molar-refractivity contribution in [1.82, 2.24) is 9.62 Å². The highest BCUT2D eigenvalue weighted by Gasteiger charge is 2.33. The second kappa shape index (κ2) is 11.0. The summed E-state index contributed by atoms with van der Waals surface area (Å²) in [6, 6.07) is 10.00. The maximum Gasteiger partial charge on any atom is 0.243 e. The predicted octanol–water partition coefficient (Wildman–Crippen LogP) is 3.90. The van der Waals surface area contributed by atoms with Crippen LogP contribution in [-0.4, -0.2) is 44.9 Å². The Labute approximate surface area is 194 Å². The van der Waals surface area contributed by atoms with Gasteiger partial charge < -0.3 is 14.8 Å². The van der Waals surface area contributed by atoms with Crippen molar-refractivity contribution >= 4 is 15.9 Å². The highest BCUT2D eigenvalue weighted by molar-refractivity contribution is 7.89. The van der Waals surface area contributed by atoms with E-state index in [1.807, 2.05) is 39.0 Å². The van der Waals surface area contributed by atoms with Gasteiger partial charge in [-0.05, 0) is 75.6 Å². The molecule has 1 heterocycles. The number of nitrogens with zero attached hydrogens (tertiary/aromatic N) is 1. The number of amides is 1. The quantitative estimate of drug-likeness (QED) is 0.591. The van der Waals surface area contributed by atoms with Crippen LogP contribution in [0.4, 0.5) is 4.39 Å². The van der Waals surface area contributed by atoms with Gasteiger partial charge in [0.2, 0.25) is 15.9 Å². The topological polar surface area (TPSA) is 84.9 Å². The van der Waals surface area contributed by atoms with Crippen molar-refractivity contribution in [3.05, 3.63) is 53.8 Å². The minimum atomic E-state index is -3.79. The summed E-state index contributed by atoms with van der Waals surface area (Å²) in [6.07, 6.45) is 1.17. The molecule has 0 aromatic heterocycles. The molecule has 2 aromatic carbocycles. The van der Waals surface area contributed by atoms with Crippen molar-refractivity contribution < 1.29 is 27.1 Å². The summed E-state index contributed by atoms with van der Waals surface area (Å²) >= 11 is 0. The van der Waals surface area contributed by atoms with E-state index in [0.717, 1.165) is 17.7 Å². The lowest BCUT2D eigenvalue weighted by Gasteiger charge is -2.32. The number of benzene rings is 2. The monoisotopic (exact) mass is 478 g/mol. The third-order valence-corrected chi connectivity index (χ3v) is 7.51. The zero-order valence-electron chi connectivity index (χ0n) is 19.2. The van der Waals surface area contributed by atoms with E-state index < -0.39 is 21.8 Å². The van der Waals surface area contributed by atoms with E-state index in [1.165, 1.54) is 16.4 Å². The van der Waals surface area contributed by atoms with Gasteiger partial charge in [-0.15, -0.1) is 0 Å². The molecule has 0 saturated carbocycles. The fourth-order valence-corrected chi connectivity index (χ4v) is 5.41. The molecular formula is C24H31FN2O5S. The lowest BCUT2D eigenvalue weighted by molar-refractivity contribution is -0.126. The van der Waals surface area contributed by atoms with Gasteiger partial charge in [0.25, 0.3) is 0 Å². The van der Waals surface area contributed by atoms with Crippen LogP contribution in [0.25, 0.3) is 0 Å². The number of hydrogen-bond donors (Lipinski definition) is 1. The number of hydrogen-bond acceptors (Lipinski definition) is 5. The summed E-state index contributed by atoms with van der Waals surface area (Å²) in [5, 5.41) is 3.00. The maximum absolute atomic E-state index is 13.2. The highest BCUT2D eigenvalue weighted by Crippen LogP contribution is 2.31. The number of ether oxygens (including phenoxy) is 2. The Morgan fingerprint density at radius 2 is 1.79 bits per heavy atom. The van der Waals surface area contributed by atoms with Gasteiger partial charge in [-0.2, -0.15) is 4.31 Å². The van der Waals surface area contributed by atoms with Gasteiger partial charge in [0, 0.05) is 13.1 Å². The van der Waals surface area contributed by atoms with Crippen LogP contribution in [0.5, 0.6) is 11.5 Å². The summed E-state index contributed by atoms with van der Waals surface area (Å²) in [6.45, 7) is 7.09. The second-order valence-corrected chi connectivity index (χ2v) is 9.90. The molecule has 1 fully saturated rings. The van der Waals surface area contributed by atoms with E-state index in [0.29, 0.717) is 44.1 Å². The van der Waals surface area contributed by atoms with E-state index in [1.54, 1.807) is 0 Å². The molecule has 3 rings (SSSR count). The second-order valence-electron chi connectivity index (χ2n) is 7.96. The minimum Gasteiger partial charge on any atom is -0.490 e. The van der Waals surface area contributed by atoms with Crippen molar-refractivity contribution in [2.75, 3.05) is 26.3 Å². The van der Waals surface area contributed by atoms with Gasteiger partial charge >= 0.3 is 0 Å². The first kappa shape index (κ1) is 25.0. The Kier molecular flexibility index (Phi) is 8.31. The number of piperidine rings is 1. The van der Waals surface area contributed by atoms with Crippen LogP contribution in [0.2, 0.25) is 0 Å². The molecule has 33 heavy (non-hydrogen) atoms. The summed E-state index contributed by atoms with van der Waals surface area (Å²) in [5.41, 5.74) is 0.863. The van der Waals surface area contributed by atoms with E-state index >= 15 is 0 Å². The van der Waals surface area contributed by atoms with Crippen molar-refractivity contribution in [3.8, 4) is 11.5 Å². The molecule has 1 N–H and O–H groups in total. The van der Waals surface area contributed by atoms with Crippen molar-refractivity contribution in [3.63, 3.8) is 0 Å². The Morgan fingerprint density at radius 1 is 1.12 bits per heavy atom. The molecule has 1 aliphatic heterocycles. The zero-order chi connectivity index (χ0) is 24.0. The Morgan fingerprint density at radius 3 is 2.45 bits per heavy atom. The van der Waals surface area contributed by atoms with Gasteiger partial charge in [-0.3, -0.25) is 4.79 Å². The van der Waals surface area contributed by atoms with Crippen LogP contribution in [0.1, 0.15) is 45.2 Å². The summed E-state index contributed by atoms with van der Waals surface area (Å²) in [4.78, 5) is 13.0. The number of nitrogens with one attached hydrogen (secondary N) is 1. The summed E-state index contributed by atoms with van der Waals surface area (Å²) in [5.74, 6) is 0.0992. The molecule has 0 spiro atoms. The molecule has 0 aliphatic carbocycles. The van der Waals surface area contributed by atoms with E-state index in [2.05, 4.69) is 5.32 Å². The fraction of sp³-hybridized carbons (Fsp3) is 0.458. The third-order valence-electron chi connectivity index (χ3n) is 5.63. The molecule has 1 aliphatic rings. The van der Waals surface area contributed by atoms with E-state index in [9.17, 15) is 17.6 Å². The number of carbonyl (C=O) groups is 1. The molecule has 1 saturated heterocycles. The molecule has 0 bridgehead atoms. The van der Waals surface area contributed by atoms with Crippen LogP contribution in [0.3, 0.4) is 0 Å². The first-order valence-corrected chi connectivity index (χ1v) is 12.7. The first-order valence-electron chi connectivity index (χ1n) is 11.2. The fourth-order valence-electron chi connectivity index (χ4n) is 3.88. The number of sulfonamides is 1. The largest absolute Gasteiger partial charge is 0.490 e. The van der Waals surface area contributed by atoms with Gasteiger partial charge in [0.1, 0.15) is 5.82 Å². The minimum absolute atomic E-state index is 0.0242. The number of rotatable bonds is 9. The van der Waals surface area contributed by atoms with Crippen LogP contribution in [0, 0.1) is 11.7 Å². The van der Waals surface area contributed by atoms with E-state index in [-0.39, 0.29) is 23.4 Å². The zero-order valence-corrected chi connectivity index (χ0v) is 20.0. The summed E-state index contributed by atoms with van der Waals surface area (Å²) in [7, 11) is -3.79. The molecule has 7 nitrogen and oxygen atoms in total. The molecule has 9 heteroatoms. The SMILES string of the molecule is CCOc1ccc([C@H](C)NC(=O)[C@@H]2CCCN(S(=O)(=O)c3ccc(F)cc3)C2)cc1OCC. The normalized spacial score (nSPS) is 17.9. The molecule has 0 radical (unpaired) electrons. The average molecular weight is 479 g/mol. The maximum atomic E-state index is 13.2. The molecule has 0 unspecified atom stereocenters. The highest BCUT2D eigenvalue weighted by atomic mass is 32.2.